The van der Waals surface area contributed by atoms with Gasteiger partial charge in [-0.05, 0) is 43.3 Å². The Morgan fingerprint density at radius 2 is 1.44 bits per heavy atom. The molecule has 3 aromatic carbocycles. The van der Waals surface area contributed by atoms with Crippen molar-refractivity contribution in [2.24, 2.45) is 5.10 Å². The van der Waals surface area contributed by atoms with E-state index in [9.17, 15) is 8.42 Å². The second-order valence-corrected chi connectivity index (χ2v) is 7.62. The second-order valence-electron chi connectivity index (χ2n) is 5.96. The maximum absolute atomic E-state index is 12.6. The Morgan fingerprint density at radius 1 is 0.852 bits per heavy atom. The predicted molar refractivity (Wildman–Crippen MR) is 107 cm³/mol. The molecule has 0 radical (unpaired) electrons. The number of aryl methyl sites for hydroxylation is 1. The Bertz CT molecular complexity index is 1030. The monoisotopic (exact) mass is 380 g/mol. The number of methoxy groups -OCH3 is 1. The Hall–Kier alpha value is -3.12. The van der Waals surface area contributed by atoms with Crippen LogP contribution in [0, 0.1) is 6.92 Å². The summed E-state index contributed by atoms with van der Waals surface area (Å²) in [6, 6.07) is 23.3. The van der Waals surface area contributed by atoms with Crippen molar-refractivity contribution < 1.29 is 13.2 Å². The molecule has 5 nitrogen and oxygen atoms in total. The van der Waals surface area contributed by atoms with Crippen molar-refractivity contribution in [3.63, 3.8) is 0 Å². The third kappa shape index (κ3) is 4.54. The number of rotatable bonds is 6. The van der Waals surface area contributed by atoms with Crippen LogP contribution in [0.4, 0.5) is 0 Å². The molecule has 0 saturated carbocycles. The smallest absolute Gasteiger partial charge is 0.276 e. The van der Waals surface area contributed by atoms with Gasteiger partial charge in [0, 0.05) is 11.1 Å². The molecule has 3 aromatic rings. The summed E-state index contributed by atoms with van der Waals surface area (Å²) in [5.74, 6) is 0.714. The Kier molecular flexibility index (Phi) is 5.57. The van der Waals surface area contributed by atoms with Crippen molar-refractivity contribution >= 4 is 15.7 Å². The molecule has 0 amide bonds. The van der Waals surface area contributed by atoms with Gasteiger partial charge in [-0.1, -0.05) is 48.0 Å². The van der Waals surface area contributed by atoms with Crippen LogP contribution in [0.3, 0.4) is 0 Å². The maximum Gasteiger partial charge on any atom is 0.276 e. The number of ether oxygens (including phenoxy) is 1. The zero-order chi connectivity index (χ0) is 19.3. The van der Waals surface area contributed by atoms with Gasteiger partial charge in [-0.15, -0.1) is 0 Å². The lowest BCUT2D eigenvalue weighted by atomic mass is 10.0. The van der Waals surface area contributed by atoms with Gasteiger partial charge in [0.25, 0.3) is 10.0 Å². The molecule has 0 aromatic heterocycles. The van der Waals surface area contributed by atoms with Gasteiger partial charge in [0.05, 0.1) is 17.7 Å². The Labute approximate surface area is 159 Å². The summed E-state index contributed by atoms with van der Waals surface area (Å²) in [5, 5.41) is 4.23. The number of hydrazone groups is 1. The molecule has 138 valence electrons. The van der Waals surface area contributed by atoms with Gasteiger partial charge in [-0.2, -0.15) is 18.4 Å². The van der Waals surface area contributed by atoms with Crippen LogP contribution in [0.15, 0.2) is 88.9 Å². The van der Waals surface area contributed by atoms with E-state index in [-0.39, 0.29) is 4.90 Å². The van der Waals surface area contributed by atoms with Gasteiger partial charge in [0.15, 0.2) is 0 Å². The molecule has 0 heterocycles. The quantitative estimate of drug-likeness (QED) is 0.523. The maximum atomic E-state index is 12.6. The number of hydrogen-bond donors (Lipinski definition) is 1. The molecular weight excluding hydrogens is 360 g/mol. The molecule has 0 atom stereocenters. The highest BCUT2D eigenvalue weighted by atomic mass is 32.2. The molecule has 0 aliphatic heterocycles. The van der Waals surface area contributed by atoms with Crippen molar-refractivity contribution in [2.45, 2.75) is 11.8 Å². The fourth-order valence-corrected chi connectivity index (χ4v) is 3.33. The SMILES string of the molecule is COc1ccc(/C(=N\NS(=O)(=O)c2ccc(C)cc2)c2ccccc2)cc1. The topological polar surface area (TPSA) is 67.8 Å². The van der Waals surface area contributed by atoms with Gasteiger partial charge in [-0.3, -0.25) is 0 Å². The number of nitrogens with one attached hydrogen (secondary N) is 1. The highest BCUT2D eigenvalue weighted by Crippen LogP contribution is 2.16. The Morgan fingerprint density at radius 3 is 2.04 bits per heavy atom. The number of nitrogens with zero attached hydrogens (tertiary/aromatic N) is 1. The van der Waals surface area contributed by atoms with Gasteiger partial charge in [0.2, 0.25) is 0 Å². The molecule has 0 aliphatic rings. The summed E-state index contributed by atoms with van der Waals surface area (Å²) in [4.78, 5) is 2.52. The molecular formula is C21H20N2O3S. The van der Waals surface area contributed by atoms with Crippen LogP contribution >= 0.6 is 0 Å². The zero-order valence-electron chi connectivity index (χ0n) is 15.1. The minimum Gasteiger partial charge on any atom is -0.497 e. The van der Waals surface area contributed by atoms with Crippen LogP contribution < -0.4 is 9.57 Å². The molecule has 3 rings (SSSR count). The van der Waals surface area contributed by atoms with Crippen LogP contribution in [0.1, 0.15) is 16.7 Å². The van der Waals surface area contributed by atoms with E-state index in [1.165, 1.54) is 0 Å². The van der Waals surface area contributed by atoms with E-state index in [2.05, 4.69) is 9.93 Å². The van der Waals surface area contributed by atoms with Crippen molar-refractivity contribution in [2.75, 3.05) is 7.11 Å². The summed E-state index contributed by atoms with van der Waals surface area (Å²) in [6.07, 6.45) is 0. The lowest BCUT2D eigenvalue weighted by Crippen LogP contribution is -2.21. The summed E-state index contributed by atoms with van der Waals surface area (Å²) in [7, 11) is -2.17. The summed E-state index contributed by atoms with van der Waals surface area (Å²) >= 11 is 0. The average Bonchev–Trinajstić information content (AvgIpc) is 2.70. The molecule has 6 heteroatoms. The van der Waals surface area contributed by atoms with Crippen molar-refractivity contribution in [1.29, 1.82) is 0 Å². The first-order chi connectivity index (χ1) is 13.0. The third-order valence-electron chi connectivity index (χ3n) is 4.02. The summed E-state index contributed by atoms with van der Waals surface area (Å²) < 4.78 is 30.3. The van der Waals surface area contributed by atoms with Gasteiger partial charge < -0.3 is 4.74 Å². The highest BCUT2D eigenvalue weighted by Gasteiger charge is 2.14. The van der Waals surface area contributed by atoms with Crippen LogP contribution in [0.5, 0.6) is 5.75 Å². The molecule has 0 aliphatic carbocycles. The van der Waals surface area contributed by atoms with Gasteiger partial charge in [0.1, 0.15) is 5.75 Å². The third-order valence-corrected chi connectivity index (χ3v) is 5.24. The first-order valence-electron chi connectivity index (χ1n) is 8.35. The van der Waals surface area contributed by atoms with E-state index >= 15 is 0 Å². The lowest BCUT2D eigenvalue weighted by molar-refractivity contribution is 0.415. The minimum absolute atomic E-state index is 0.166. The largest absolute Gasteiger partial charge is 0.497 e. The first-order valence-corrected chi connectivity index (χ1v) is 9.84. The average molecular weight is 380 g/mol. The van der Waals surface area contributed by atoms with E-state index in [0.717, 1.165) is 16.7 Å². The lowest BCUT2D eigenvalue weighted by Gasteiger charge is -2.10. The van der Waals surface area contributed by atoms with Crippen LogP contribution in [-0.4, -0.2) is 21.2 Å². The standard InChI is InChI=1S/C21H20N2O3S/c1-16-8-14-20(15-9-16)27(24,25)23-22-21(17-6-4-3-5-7-17)18-10-12-19(26-2)13-11-18/h3-15,23H,1-2H3/b22-21-. The second kappa shape index (κ2) is 8.05. The summed E-state index contributed by atoms with van der Waals surface area (Å²) in [5.41, 5.74) is 3.08. The van der Waals surface area contributed by atoms with Gasteiger partial charge in [-0.25, -0.2) is 0 Å². The van der Waals surface area contributed by atoms with Crippen LogP contribution in [0.2, 0.25) is 0 Å². The number of hydrogen-bond acceptors (Lipinski definition) is 4. The zero-order valence-corrected chi connectivity index (χ0v) is 15.9. The molecule has 27 heavy (non-hydrogen) atoms. The molecule has 0 fully saturated rings. The molecule has 1 N–H and O–H groups in total. The van der Waals surface area contributed by atoms with E-state index in [1.54, 1.807) is 31.4 Å². The van der Waals surface area contributed by atoms with Crippen molar-refractivity contribution in [1.82, 2.24) is 4.83 Å². The van der Waals surface area contributed by atoms with E-state index in [0.29, 0.717) is 11.5 Å². The first kappa shape index (κ1) is 18.7. The fraction of sp³-hybridized carbons (Fsp3) is 0.0952. The van der Waals surface area contributed by atoms with Gasteiger partial charge >= 0.3 is 0 Å². The van der Waals surface area contributed by atoms with Crippen molar-refractivity contribution in [3.8, 4) is 5.75 Å². The molecule has 0 unspecified atom stereocenters. The van der Waals surface area contributed by atoms with Crippen LogP contribution in [-0.2, 0) is 10.0 Å². The van der Waals surface area contributed by atoms with Crippen molar-refractivity contribution in [3.05, 3.63) is 95.6 Å². The van der Waals surface area contributed by atoms with E-state index in [4.69, 9.17) is 4.74 Å². The molecule has 0 bridgehead atoms. The predicted octanol–water partition coefficient (Wildman–Crippen LogP) is 3.73. The fourth-order valence-electron chi connectivity index (χ4n) is 2.52. The van der Waals surface area contributed by atoms with E-state index < -0.39 is 10.0 Å². The molecule has 0 spiro atoms. The Balaban J connectivity index is 1.98. The number of benzene rings is 3. The normalized spacial score (nSPS) is 11.9. The highest BCUT2D eigenvalue weighted by molar-refractivity contribution is 7.89. The van der Waals surface area contributed by atoms with Crippen LogP contribution in [0.25, 0.3) is 0 Å². The summed E-state index contributed by atoms with van der Waals surface area (Å²) in [6.45, 7) is 1.90. The molecule has 0 saturated heterocycles. The minimum atomic E-state index is -3.76. The van der Waals surface area contributed by atoms with E-state index in [1.807, 2.05) is 61.5 Å². The number of sulfonamides is 1.